The fourth-order valence-electron chi connectivity index (χ4n) is 6.28. The fraction of sp³-hybridized carbons (Fsp3) is 0.588. The van der Waals surface area contributed by atoms with Crippen molar-refractivity contribution in [3.05, 3.63) is 35.4 Å². The maximum absolute atomic E-state index is 12.7. The summed E-state index contributed by atoms with van der Waals surface area (Å²) in [7, 11) is 9.10. The molecule has 2 atom stereocenters. The number of carbonyl (C=O) groups excluding carboxylic acids is 2. The van der Waals surface area contributed by atoms with Gasteiger partial charge in [-0.3, -0.25) is 9.80 Å². The number of ether oxygens (including phenoxy) is 8. The highest BCUT2D eigenvalue weighted by Gasteiger charge is 2.38. The number of nitrogens with zero attached hydrogens (tertiary/aromatic N) is 2. The third-order valence-electron chi connectivity index (χ3n) is 8.70. The van der Waals surface area contributed by atoms with E-state index in [2.05, 4.69) is 9.80 Å². The van der Waals surface area contributed by atoms with E-state index in [1.54, 1.807) is 24.3 Å². The van der Waals surface area contributed by atoms with Gasteiger partial charge in [-0.2, -0.15) is 0 Å². The second-order valence-electron chi connectivity index (χ2n) is 11.4. The van der Waals surface area contributed by atoms with E-state index in [9.17, 15) is 9.59 Å². The molecular formula is C34H48N2O10. The van der Waals surface area contributed by atoms with Gasteiger partial charge in [0, 0.05) is 25.2 Å². The summed E-state index contributed by atoms with van der Waals surface area (Å²) in [6.45, 7) is 4.82. The zero-order valence-corrected chi connectivity index (χ0v) is 27.9. The molecule has 2 aromatic carbocycles. The van der Waals surface area contributed by atoms with Crippen LogP contribution in [0.2, 0.25) is 0 Å². The van der Waals surface area contributed by atoms with Crippen molar-refractivity contribution in [2.75, 3.05) is 82.1 Å². The van der Waals surface area contributed by atoms with Crippen LogP contribution in [0.5, 0.6) is 34.5 Å². The van der Waals surface area contributed by atoms with Gasteiger partial charge in [-0.25, -0.2) is 9.59 Å². The molecule has 0 N–H and O–H groups in total. The molecule has 0 aromatic heterocycles. The molecule has 3 heterocycles. The van der Waals surface area contributed by atoms with Gasteiger partial charge in [-0.1, -0.05) is 0 Å². The van der Waals surface area contributed by atoms with E-state index in [1.165, 1.54) is 55.5 Å². The molecule has 254 valence electrons. The second kappa shape index (κ2) is 17.1. The van der Waals surface area contributed by atoms with E-state index in [-0.39, 0.29) is 0 Å². The summed E-state index contributed by atoms with van der Waals surface area (Å²) < 4.78 is 43.1. The molecule has 3 saturated heterocycles. The van der Waals surface area contributed by atoms with Gasteiger partial charge < -0.3 is 37.9 Å². The third-order valence-corrected chi connectivity index (χ3v) is 8.70. The van der Waals surface area contributed by atoms with E-state index in [0.29, 0.717) is 70.9 Å². The number of fused-ring (bicyclic) bond motifs is 3. The Morgan fingerprint density at radius 2 is 0.913 bits per heavy atom. The molecule has 0 aliphatic carbocycles. The molecule has 46 heavy (non-hydrogen) atoms. The maximum atomic E-state index is 12.7. The molecule has 2 bridgehead atoms. The SMILES string of the molecule is COc1cc(C(=O)OCCCCN2CC3CCC2CN3CCCCOC(=O)c2cc(OC)c(OC)c(OC)c2)cc(OC)c1OC. The molecule has 3 aliphatic heterocycles. The van der Waals surface area contributed by atoms with E-state index in [1.807, 2.05) is 0 Å². The molecule has 3 fully saturated rings. The van der Waals surface area contributed by atoms with Crippen LogP contribution in [0.15, 0.2) is 24.3 Å². The Balaban J connectivity index is 1.13. The quantitative estimate of drug-likeness (QED) is 0.169. The van der Waals surface area contributed by atoms with E-state index >= 15 is 0 Å². The Kier molecular flexibility index (Phi) is 13.0. The van der Waals surface area contributed by atoms with Gasteiger partial charge in [0.2, 0.25) is 11.5 Å². The zero-order chi connectivity index (χ0) is 33.1. The summed E-state index contributed by atoms with van der Waals surface area (Å²) >= 11 is 0. The largest absolute Gasteiger partial charge is 0.493 e. The normalized spacial score (nSPS) is 17.7. The third kappa shape index (κ3) is 8.47. The standard InChI is InChI=1S/C34H48N2O10/c1-39-27-17-23(18-28(40-2)31(27)43-5)33(37)45-15-9-7-13-35-21-26-12-11-25(35)22-36(26)14-8-10-16-46-34(38)24-19-29(41-3)32(44-6)30(20-24)42-4/h17-20,25-26H,7-16,21-22H2,1-6H3. The number of esters is 2. The van der Waals surface area contributed by atoms with Crippen LogP contribution in [0, 0.1) is 0 Å². The summed E-state index contributed by atoms with van der Waals surface area (Å²) in [6.07, 6.45) is 5.94. The van der Waals surface area contributed by atoms with Gasteiger partial charge in [0.1, 0.15) is 0 Å². The lowest BCUT2D eigenvalue weighted by molar-refractivity contribution is -0.0228. The van der Waals surface area contributed by atoms with Crippen LogP contribution in [-0.2, 0) is 9.47 Å². The first-order valence-corrected chi connectivity index (χ1v) is 15.8. The van der Waals surface area contributed by atoms with Crippen LogP contribution in [0.1, 0.15) is 59.2 Å². The lowest BCUT2D eigenvalue weighted by Gasteiger charge is -2.51. The number of benzene rings is 2. The minimum absolute atomic E-state index is 0.355. The number of hydrogen-bond acceptors (Lipinski definition) is 12. The van der Waals surface area contributed by atoms with Crippen molar-refractivity contribution in [2.24, 2.45) is 0 Å². The Morgan fingerprint density at radius 3 is 1.20 bits per heavy atom. The molecule has 3 aliphatic rings. The number of piperidine rings is 2. The molecule has 5 rings (SSSR count). The van der Waals surface area contributed by atoms with Crippen molar-refractivity contribution in [3.63, 3.8) is 0 Å². The predicted molar refractivity (Wildman–Crippen MR) is 171 cm³/mol. The number of unbranched alkanes of at least 4 members (excludes halogenated alkanes) is 2. The first-order valence-electron chi connectivity index (χ1n) is 15.8. The molecule has 0 radical (unpaired) electrons. The Bertz CT molecular complexity index is 1170. The Hall–Kier alpha value is -3.90. The molecule has 0 spiro atoms. The highest BCUT2D eigenvalue weighted by molar-refractivity contribution is 5.91. The monoisotopic (exact) mass is 644 g/mol. The van der Waals surface area contributed by atoms with E-state index < -0.39 is 11.9 Å². The lowest BCUT2D eigenvalue weighted by atomic mass is 9.90. The van der Waals surface area contributed by atoms with E-state index in [0.717, 1.165) is 51.9 Å². The molecule has 2 unspecified atom stereocenters. The highest BCUT2D eigenvalue weighted by Crippen LogP contribution is 2.39. The second-order valence-corrected chi connectivity index (χ2v) is 11.4. The van der Waals surface area contributed by atoms with Gasteiger partial charge in [0.05, 0.1) is 67.0 Å². The van der Waals surface area contributed by atoms with Crippen molar-refractivity contribution in [1.29, 1.82) is 0 Å². The van der Waals surface area contributed by atoms with Crippen LogP contribution in [0.3, 0.4) is 0 Å². The molecular weight excluding hydrogens is 596 g/mol. The van der Waals surface area contributed by atoms with Crippen LogP contribution in [0.4, 0.5) is 0 Å². The first kappa shape index (κ1) is 35.0. The van der Waals surface area contributed by atoms with Gasteiger partial charge in [0.15, 0.2) is 23.0 Å². The van der Waals surface area contributed by atoms with Gasteiger partial charge >= 0.3 is 11.9 Å². The van der Waals surface area contributed by atoms with E-state index in [4.69, 9.17) is 37.9 Å². The zero-order valence-electron chi connectivity index (χ0n) is 27.9. The minimum atomic E-state index is -0.414. The van der Waals surface area contributed by atoms with Crippen molar-refractivity contribution in [1.82, 2.24) is 9.80 Å². The number of piperazine rings is 1. The molecule has 12 nitrogen and oxygen atoms in total. The Morgan fingerprint density at radius 1 is 0.565 bits per heavy atom. The number of methoxy groups -OCH3 is 6. The first-order chi connectivity index (χ1) is 22.4. The smallest absolute Gasteiger partial charge is 0.338 e. The van der Waals surface area contributed by atoms with Gasteiger partial charge in [-0.15, -0.1) is 0 Å². The summed E-state index contributed by atoms with van der Waals surface area (Å²) in [5, 5.41) is 0. The minimum Gasteiger partial charge on any atom is -0.493 e. The topological polar surface area (TPSA) is 114 Å². The lowest BCUT2D eigenvalue weighted by Crippen LogP contribution is -2.62. The fourth-order valence-corrected chi connectivity index (χ4v) is 6.28. The Labute approximate surface area is 271 Å². The van der Waals surface area contributed by atoms with Crippen LogP contribution < -0.4 is 28.4 Å². The molecule has 0 amide bonds. The van der Waals surface area contributed by atoms with Crippen molar-refractivity contribution in [3.8, 4) is 34.5 Å². The summed E-state index contributed by atoms with van der Waals surface area (Å²) in [5.74, 6) is 1.71. The number of carbonyl (C=O) groups is 2. The van der Waals surface area contributed by atoms with Crippen molar-refractivity contribution in [2.45, 2.75) is 50.6 Å². The molecule has 0 saturated carbocycles. The van der Waals surface area contributed by atoms with Crippen LogP contribution in [0.25, 0.3) is 0 Å². The number of rotatable bonds is 18. The van der Waals surface area contributed by atoms with Crippen molar-refractivity contribution < 1.29 is 47.5 Å². The van der Waals surface area contributed by atoms with Crippen molar-refractivity contribution >= 4 is 11.9 Å². The summed E-state index contributed by atoms with van der Waals surface area (Å²) in [6, 6.07) is 7.50. The average molecular weight is 645 g/mol. The average Bonchev–Trinajstić information content (AvgIpc) is 3.09. The van der Waals surface area contributed by atoms with Crippen LogP contribution in [-0.4, -0.2) is 116 Å². The molecule has 2 aromatic rings. The number of hydrogen-bond donors (Lipinski definition) is 0. The van der Waals surface area contributed by atoms with Crippen LogP contribution >= 0.6 is 0 Å². The highest BCUT2D eigenvalue weighted by atomic mass is 16.5. The maximum Gasteiger partial charge on any atom is 0.338 e. The molecule has 12 heteroatoms. The van der Waals surface area contributed by atoms with Gasteiger partial charge in [0.25, 0.3) is 0 Å². The summed E-state index contributed by atoms with van der Waals surface area (Å²) in [4.78, 5) is 30.5. The summed E-state index contributed by atoms with van der Waals surface area (Å²) in [5.41, 5.74) is 0.722. The van der Waals surface area contributed by atoms with Gasteiger partial charge in [-0.05, 0) is 75.9 Å². The predicted octanol–water partition coefficient (Wildman–Crippen LogP) is 4.46.